The van der Waals surface area contributed by atoms with E-state index in [1.165, 1.54) is 0 Å². The average molecular weight is 398 g/mol. The van der Waals surface area contributed by atoms with Gasteiger partial charge >= 0.3 is 0 Å². The van der Waals surface area contributed by atoms with E-state index in [1.54, 1.807) is 0 Å². The summed E-state index contributed by atoms with van der Waals surface area (Å²) in [6.07, 6.45) is -1.79. The molecule has 150 valence electrons. The largest absolute Gasteiger partial charge is 0.386 e. The van der Waals surface area contributed by atoms with E-state index in [9.17, 15) is 10.2 Å². The van der Waals surface area contributed by atoms with Crippen molar-refractivity contribution in [3.05, 3.63) is 83.9 Å². The van der Waals surface area contributed by atoms with Gasteiger partial charge in [-0.3, -0.25) is 0 Å². The van der Waals surface area contributed by atoms with E-state index in [1.807, 2.05) is 48.5 Å². The summed E-state index contributed by atoms with van der Waals surface area (Å²) in [5, 5.41) is 26.4. The van der Waals surface area contributed by atoms with Crippen molar-refractivity contribution in [1.82, 2.24) is 0 Å². The number of benzene rings is 4. The van der Waals surface area contributed by atoms with Crippen molar-refractivity contribution in [3.63, 3.8) is 0 Å². The lowest BCUT2D eigenvalue weighted by atomic mass is 9.83. The van der Waals surface area contributed by atoms with Crippen molar-refractivity contribution in [1.29, 1.82) is 0 Å². The first kappa shape index (κ1) is 18.0. The molecule has 6 rings (SSSR count). The summed E-state index contributed by atoms with van der Waals surface area (Å²) in [6.45, 7) is 1.13. The third-order valence-corrected chi connectivity index (χ3v) is 6.23. The van der Waals surface area contributed by atoms with E-state index < -0.39 is 12.2 Å². The van der Waals surface area contributed by atoms with Crippen molar-refractivity contribution >= 4 is 21.5 Å². The second kappa shape index (κ2) is 6.89. The monoisotopic (exact) mass is 398 g/mol. The summed E-state index contributed by atoms with van der Waals surface area (Å²) in [5.74, 6) is 0. The van der Waals surface area contributed by atoms with Gasteiger partial charge in [-0.05, 0) is 43.8 Å². The van der Waals surface area contributed by atoms with E-state index >= 15 is 0 Å². The maximum Gasteiger partial charge on any atom is 0.111 e. The highest BCUT2D eigenvalue weighted by atomic mass is 16.6. The number of ether oxygens (including phenoxy) is 2. The van der Waals surface area contributed by atoms with Crippen LogP contribution in [-0.4, -0.2) is 35.6 Å². The molecule has 0 amide bonds. The van der Waals surface area contributed by atoms with E-state index in [4.69, 9.17) is 9.47 Å². The quantitative estimate of drug-likeness (QED) is 0.485. The third kappa shape index (κ3) is 2.92. The minimum absolute atomic E-state index is 0.181. The van der Waals surface area contributed by atoms with Crippen LogP contribution in [0.5, 0.6) is 0 Å². The molecular weight excluding hydrogens is 376 g/mol. The summed E-state index contributed by atoms with van der Waals surface area (Å²) in [4.78, 5) is 0. The van der Waals surface area contributed by atoms with E-state index in [2.05, 4.69) is 24.3 Å². The number of hydrogen-bond acceptors (Lipinski definition) is 4. The Bertz CT molecular complexity index is 1160. The molecule has 4 heteroatoms. The Balaban J connectivity index is 1.73. The fourth-order valence-electron chi connectivity index (χ4n) is 4.50. The topological polar surface area (TPSA) is 65.5 Å². The average Bonchev–Trinajstić information content (AvgIpc) is 3.70. The summed E-state index contributed by atoms with van der Waals surface area (Å²) in [7, 11) is 0. The summed E-state index contributed by atoms with van der Waals surface area (Å²) in [6, 6.07) is 24.5. The van der Waals surface area contributed by atoms with Crippen molar-refractivity contribution in [2.45, 2.75) is 24.4 Å². The summed E-state index contributed by atoms with van der Waals surface area (Å²) < 4.78 is 10.8. The van der Waals surface area contributed by atoms with Gasteiger partial charge in [0.25, 0.3) is 0 Å². The van der Waals surface area contributed by atoms with E-state index in [-0.39, 0.29) is 12.2 Å². The highest BCUT2D eigenvalue weighted by molar-refractivity contribution is 6.08. The minimum atomic E-state index is -0.717. The Labute approximate surface area is 174 Å². The van der Waals surface area contributed by atoms with Gasteiger partial charge in [-0.2, -0.15) is 0 Å². The van der Waals surface area contributed by atoms with Gasteiger partial charge in [-0.15, -0.1) is 0 Å². The van der Waals surface area contributed by atoms with Crippen LogP contribution in [0.2, 0.25) is 0 Å². The van der Waals surface area contributed by atoms with Crippen LogP contribution >= 0.6 is 0 Å². The van der Waals surface area contributed by atoms with Gasteiger partial charge in [0.2, 0.25) is 0 Å². The molecule has 0 aliphatic carbocycles. The molecule has 2 fully saturated rings. The number of rotatable bonds is 5. The Morgan fingerprint density at radius 1 is 0.600 bits per heavy atom. The van der Waals surface area contributed by atoms with Gasteiger partial charge in [0, 0.05) is 0 Å². The molecule has 4 nitrogen and oxygen atoms in total. The zero-order valence-electron chi connectivity index (χ0n) is 16.4. The fraction of sp³-hybridized carbons (Fsp3) is 0.231. The summed E-state index contributed by atoms with van der Waals surface area (Å²) >= 11 is 0. The number of fused-ring (bicyclic) bond motifs is 2. The highest BCUT2D eigenvalue weighted by Gasteiger charge is 2.37. The van der Waals surface area contributed by atoms with Gasteiger partial charge < -0.3 is 19.7 Å². The highest BCUT2D eigenvalue weighted by Crippen LogP contribution is 2.45. The molecule has 2 heterocycles. The Hall–Kier alpha value is -2.76. The Kier molecular flexibility index (Phi) is 4.15. The molecule has 0 bridgehead atoms. The van der Waals surface area contributed by atoms with E-state index in [0.29, 0.717) is 13.2 Å². The molecule has 2 aliphatic rings. The van der Waals surface area contributed by atoms with Gasteiger partial charge in [0.1, 0.15) is 24.4 Å². The smallest absolute Gasteiger partial charge is 0.111 e. The van der Waals surface area contributed by atoms with Crippen LogP contribution in [0.3, 0.4) is 0 Å². The normalized spacial score (nSPS) is 22.2. The molecule has 4 aromatic carbocycles. The van der Waals surface area contributed by atoms with Crippen molar-refractivity contribution in [2.75, 3.05) is 13.2 Å². The molecule has 0 saturated carbocycles. The number of aliphatic hydroxyl groups excluding tert-OH is 2. The minimum Gasteiger partial charge on any atom is -0.386 e. The second-order valence-corrected chi connectivity index (χ2v) is 8.14. The Morgan fingerprint density at radius 3 is 1.40 bits per heavy atom. The Morgan fingerprint density at radius 2 is 1.00 bits per heavy atom. The second-order valence-electron chi connectivity index (χ2n) is 8.14. The number of hydrogen-bond donors (Lipinski definition) is 2. The number of epoxide rings is 2. The number of aliphatic hydroxyl groups is 2. The van der Waals surface area contributed by atoms with Crippen molar-refractivity contribution < 1.29 is 19.7 Å². The molecule has 4 aromatic rings. The molecule has 2 saturated heterocycles. The molecule has 2 aliphatic heterocycles. The first-order valence-electron chi connectivity index (χ1n) is 10.4. The summed E-state index contributed by atoms with van der Waals surface area (Å²) in [5.41, 5.74) is 3.58. The maximum absolute atomic E-state index is 11.1. The van der Waals surface area contributed by atoms with Crippen LogP contribution in [0.15, 0.2) is 72.8 Å². The first-order chi connectivity index (χ1) is 14.7. The van der Waals surface area contributed by atoms with E-state index in [0.717, 1.165) is 43.8 Å². The lowest BCUT2D eigenvalue weighted by Gasteiger charge is -2.23. The first-order valence-corrected chi connectivity index (χ1v) is 10.4. The zero-order chi connectivity index (χ0) is 20.2. The molecule has 0 unspecified atom stereocenters. The molecule has 2 N–H and O–H groups in total. The predicted octanol–water partition coefficient (Wildman–Crippen LogP) is 4.52. The van der Waals surface area contributed by atoms with Crippen LogP contribution in [0, 0.1) is 0 Å². The predicted molar refractivity (Wildman–Crippen MR) is 116 cm³/mol. The van der Waals surface area contributed by atoms with Crippen LogP contribution in [0.1, 0.15) is 23.3 Å². The lowest BCUT2D eigenvalue weighted by molar-refractivity contribution is 0.136. The zero-order valence-corrected chi connectivity index (χ0v) is 16.4. The maximum atomic E-state index is 11.1. The SMILES string of the molecule is O[C@H](c1ccc2ccccc2c1-c1c([C@H](O)[C@@H]2CO2)ccc2ccccc12)[C@@H]1CO1. The van der Waals surface area contributed by atoms with Crippen LogP contribution < -0.4 is 0 Å². The van der Waals surface area contributed by atoms with Gasteiger partial charge in [-0.25, -0.2) is 0 Å². The van der Waals surface area contributed by atoms with Crippen LogP contribution in [0.4, 0.5) is 0 Å². The van der Waals surface area contributed by atoms with Gasteiger partial charge in [0.05, 0.1) is 13.2 Å². The fourth-order valence-corrected chi connectivity index (χ4v) is 4.50. The van der Waals surface area contributed by atoms with Crippen LogP contribution in [-0.2, 0) is 9.47 Å². The molecule has 30 heavy (non-hydrogen) atoms. The van der Waals surface area contributed by atoms with Crippen molar-refractivity contribution in [3.8, 4) is 11.1 Å². The lowest BCUT2D eigenvalue weighted by Crippen LogP contribution is -2.11. The van der Waals surface area contributed by atoms with Crippen molar-refractivity contribution in [2.24, 2.45) is 0 Å². The molecule has 4 atom stereocenters. The molecule has 0 aromatic heterocycles. The van der Waals surface area contributed by atoms with Gasteiger partial charge in [0.15, 0.2) is 0 Å². The third-order valence-electron chi connectivity index (χ3n) is 6.23. The molecule has 0 radical (unpaired) electrons. The van der Waals surface area contributed by atoms with Gasteiger partial charge in [-0.1, -0.05) is 72.8 Å². The molecular formula is C26H22O4. The standard InChI is InChI=1S/C26H22O4/c27-25(21-13-29-21)19-11-9-15-5-1-3-7-17(15)23(19)24-18-8-4-2-6-16(18)10-12-20(24)26(28)22-14-30-22/h1-12,21-22,25-28H,13-14H2/t21-,22-,25-,26+/m0/s1. The molecule has 0 spiro atoms. The van der Waals surface area contributed by atoms with Crippen LogP contribution in [0.25, 0.3) is 32.7 Å².